The maximum absolute atomic E-state index is 12.4. The topological polar surface area (TPSA) is 64.6 Å². The van der Waals surface area contributed by atoms with E-state index in [1.165, 1.54) is 6.92 Å². The Bertz CT molecular complexity index is 795. The van der Waals surface area contributed by atoms with E-state index >= 15 is 0 Å². The number of halogens is 2. The molecule has 0 spiro atoms. The smallest absolute Gasteiger partial charge is 0.342 e. The maximum atomic E-state index is 12.4. The molecule has 0 saturated carbocycles. The summed E-state index contributed by atoms with van der Waals surface area (Å²) < 4.78 is 10.9. The largest absolute Gasteiger partial charge is 0.488 e. The lowest BCUT2D eigenvalue weighted by Crippen LogP contribution is -2.35. The van der Waals surface area contributed by atoms with Gasteiger partial charge in [-0.2, -0.15) is 0 Å². The Kier molecular flexibility index (Phi) is 7.30. The molecule has 2 aromatic rings. The van der Waals surface area contributed by atoms with Gasteiger partial charge in [-0.3, -0.25) is 4.79 Å². The monoisotopic (exact) mass is 395 g/mol. The van der Waals surface area contributed by atoms with Crippen molar-refractivity contribution in [2.45, 2.75) is 26.6 Å². The van der Waals surface area contributed by atoms with Gasteiger partial charge in [0.15, 0.2) is 6.10 Å². The number of carbonyl (C=O) groups is 2. The Balaban J connectivity index is 2.09. The van der Waals surface area contributed by atoms with Crippen LogP contribution in [0.15, 0.2) is 42.5 Å². The standard InChI is InChI=1S/C19H19Cl2NO4/c1-3-22-18(23)12(2)26-19(24)15-6-4-5-7-17(15)25-11-13-8-9-14(20)10-16(13)21/h4-10,12H,3,11H2,1-2H3,(H,22,23)/t12-/m1/s1. The molecule has 0 fully saturated rings. The molecule has 1 amide bonds. The molecule has 1 atom stereocenters. The highest BCUT2D eigenvalue weighted by Gasteiger charge is 2.21. The minimum atomic E-state index is -0.902. The normalized spacial score (nSPS) is 11.5. The fourth-order valence-corrected chi connectivity index (χ4v) is 2.61. The molecule has 138 valence electrons. The van der Waals surface area contributed by atoms with Gasteiger partial charge in [0.05, 0.1) is 0 Å². The molecule has 0 aliphatic carbocycles. The minimum absolute atomic E-state index is 0.159. The number of rotatable bonds is 7. The Morgan fingerprint density at radius 2 is 1.88 bits per heavy atom. The van der Waals surface area contributed by atoms with Crippen LogP contribution < -0.4 is 10.1 Å². The Morgan fingerprint density at radius 3 is 2.58 bits per heavy atom. The molecule has 0 aliphatic rings. The average Bonchev–Trinajstić information content (AvgIpc) is 2.61. The fourth-order valence-electron chi connectivity index (χ4n) is 2.15. The van der Waals surface area contributed by atoms with Gasteiger partial charge < -0.3 is 14.8 Å². The first-order valence-electron chi connectivity index (χ1n) is 8.06. The first-order chi connectivity index (χ1) is 12.4. The highest BCUT2D eigenvalue weighted by molar-refractivity contribution is 6.35. The zero-order chi connectivity index (χ0) is 19.1. The minimum Gasteiger partial charge on any atom is -0.488 e. The molecule has 0 saturated heterocycles. The number of hydrogen-bond donors (Lipinski definition) is 1. The molecule has 7 heteroatoms. The molecule has 2 aromatic carbocycles. The molecule has 0 radical (unpaired) electrons. The van der Waals surface area contributed by atoms with Crippen LogP contribution >= 0.6 is 23.2 Å². The van der Waals surface area contributed by atoms with E-state index < -0.39 is 12.1 Å². The van der Waals surface area contributed by atoms with Crippen LogP contribution in [0.2, 0.25) is 10.0 Å². The predicted octanol–water partition coefficient (Wildman–Crippen LogP) is 4.25. The molecule has 0 heterocycles. The number of esters is 1. The highest BCUT2D eigenvalue weighted by Crippen LogP contribution is 2.25. The van der Waals surface area contributed by atoms with Crippen molar-refractivity contribution in [3.8, 4) is 5.75 Å². The number of amides is 1. The van der Waals surface area contributed by atoms with E-state index in [4.69, 9.17) is 32.7 Å². The zero-order valence-corrected chi connectivity index (χ0v) is 15.9. The molecular formula is C19H19Cl2NO4. The predicted molar refractivity (Wildman–Crippen MR) is 101 cm³/mol. The molecule has 0 bridgehead atoms. The first kappa shape index (κ1) is 20.1. The van der Waals surface area contributed by atoms with Gasteiger partial charge >= 0.3 is 5.97 Å². The van der Waals surface area contributed by atoms with Crippen molar-refractivity contribution in [3.05, 3.63) is 63.6 Å². The molecule has 2 rings (SSSR count). The summed E-state index contributed by atoms with van der Waals surface area (Å²) in [6, 6.07) is 11.7. The second-order valence-corrected chi connectivity index (χ2v) is 6.31. The van der Waals surface area contributed by atoms with E-state index in [0.717, 1.165) is 5.56 Å². The highest BCUT2D eigenvalue weighted by atomic mass is 35.5. The third kappa shape index (κ3) is 5.38. The number of likely N-dealkylation sites (N-methyl/N-ethyl adjacent to an activating group) is 1. The van der Waals surface area contributed by atoms with Crippen LogP contribution in [0.3, 0.4) is 0 Å². The van der Waals surface area contributed by atoms with Gasteiger partial charge in [-0.25, -0.2) is 4.79 Å². The van der Waals surface area contributed by atoms with E-state index in [9.17, 15) is 9.59 Å². The molecule has 1 N–H and O–H groups in total. The summed E-state index contributed by atoms with van der Waals surface area (Å²) in [6.45, 7) is 3.92. The number of carbonyl (C=O) groups excluding carboxylic acids is 2. The summed E-state index contributed by atoms with van der Waals surface area (Å²) in [5, 5.41) is 3.61. The lowest BCUT2D eigenvalue weighted by molar-refractivity contribution is -0.128. The van der Waals surface area contributed by atoms with Crippen molar-refractivity contribution in [2.24, 2.45) is 0 Å². The Morgan fingerprint density at radius 1 is 1.15 bits per heavy atom. The Labute approximate surface area is 162 Å². The van der Waals surface area contributed by atoms with Gasteiger partial charge in [-0.15, -0.1) is 0 Å². The first-order valence-corrected chi connectivity index (χ1v) is 8.82. The summed E-state index contributed by atoms with van der Waals surface area (Å²) in [7, 11) is 0. The number of para-hydroxylation sites is 1. The summed E-state index contributed by atoms with van der Waals surface area (Å²) >= 11 is 12.0. The van der Waals surface area contributed by atoms with Gasteiger partial charge in [-0.05, 0) is 38.1 Å². The second-order valence-electron chi connectivity index (χ2n) is 5.46. The van der Waals surface area contributed by atoms with Gasteiger partial charge in [0.1, 0.15) is 17.9 Å². The van der Waals surface area contributed by atoms with Gasteiger partial charge in [0, 0.05) is 22.2 Å². The van der Waals surface area contributed by atoms with E-state index in [1.807, 2.05) is 0 Å². The van der Waals surface area contributed by atoms with Crippen molar-refractivity contribution in [1.82, 2.24) is 5.32 Å². The lowest BCUT2D eigenvalue weighted by Gasteiger charge is -2.15. The van der Waals surface area contributed by atoms with Crippen molar-refractivity contribution in [2.75, 3.05) is 6.54 Å². The summed E-state index contributed by atoms with van der Waals surface area (Å²) in [6.07, 6.45) is -0.902. The molecular weight excluding hydrogens is 377 g/mol. The van der Waals surface area contributed by atoms with Crippen LogP contribution in [-0.2, 0) is 16.1 Å². The number of benzene rings is 2. The van der Waals surface area contributed by atoms with Crippen LogP contribution in [0.1, 0.15) is 29.8 Å². The number of hydrogen-bond acceptors (Lipinski definition) is 4. The molecule has 0 aromatic heterocycles. The van der Waals surface area contributed by atoms with E-state index in [1.54, 1.807) is 49.4 Å². The number of ether oxygens (including phenoxy) is 2. The maximum Gasteiger partial charge on any atom is 0.342 e. The van der Waals surface area contributed by atoms with E-state index in [2.05, 4.69) is 5.32 Å². The van der Waals surface area contributed by atoms with Crippen molar-refractivity contribution < 1.29 is 19.1 Å². The van der Waals surface area contributed by atoms with Crippen molar-refractivity contribution in [1.29, 1.82) is 0 Å². The third-order valence-electron chi connectivity index (χ3n) is 3.51. The Hall–Kier alpha value is -2.24. The average molecular weight is 396 g/mol. The summed E-state index contributed by atoms with van der Waals surface area (Å²) in [5.41, 5.74) is 0.962. The van der Waals surface area contributed by atoms with Crippen LogP contribution in [0, 0.1) is 0 Å². The molecule has 0 aliphatic heterocycles. The van der Waals surface area contributed by atoms with Gasteiger partial charge in [0.2, 0.25) is 0 Å². The molecule has 0 unspecified atom stereocenters. The second kappa shape index (κ2) is 9.46. The van der Waals surface area contributed by atoms with E-state index in [0.29, 0.717) is 22.3 Å². The number of nitrogens with one attached hydrogen (secondary N) is 1. The lowest BCUT2D eigenvalue weighted by atomic mass is 10.2. The molecule has 5 nitrogen and oxygen atoms in total. The SMILES string of the molecule is CCNC(=O)[C@@H](C)OC(=O)c1ccccc1OCc1ccc(Cl)cc1Cl. The van der Waals surface area contributed by atoms with Crippen molar-refractivity contribution >= 4 is 35.1 Å². The fraction of sp³-hybridized carbons (Fsp3) is 0.263. The summed E-state index contributed by atoms with van der Waals surface area (Å²) in [4.78, 5) is 24.1. The van der Waals surface area contributed by atoms with Crippen LogP contribution in [0.25, 0.3) is 0 Å². The quantitative estimate of drug-likeness (QED) is 0.711. The van der Waals surface area contributed by atoms with Crippen LogP contribution in [0.5, 0.6) is 5.75 Å². The van der Waals surface area contributed by atoms with Gasteiger partial charge in [-0.1, -0.05) is 41.4 Å². The van der Waals surface area contributed by atoms with Crippen molar-refractivity contribution in [3.63, 3.8) is 0 Å². The van der Waals surface area contributed by atoms with Gasteiger partial charge in [0.25, 0.3) is 5.91 Å². The van der Waals surface area contributed by atoms with Crippen LogP contribution in [0.4, 0.5) is 0 Å². The zero-order valence-electron chi connectivity index (χ0n) is 14.4. The third-order valence-corrected chi connectivity index (χ3v) is 4.10. The summed E-state index contributed by atoms with van der Waals surface area (Å²) in [5.74, 6) is -0.652. The van der Waals surface area contributed by atoms with E-state index in [-0.39, 0.29) is 18.1 Å². The molecule has 26 heavy (non-hydrogen) atoms. The van der Waals surface area contributed by atoms with Crippen LogP contribution in [-0.4, -0.2) is 24.5 Å².